The number of hydrogen-bond acceptors (Lipinski definition) is 4. The molecular weight excluding hydrogens is 278 g/mol. The van der Waals surface area contributed by atoms with E-state index in [1.807, 2.05) is 11.3 Å². The smallest absolute Gasteiger partial charge is 0.121 e. The second-order valence-corrected chi connectivity index (χ2v) is 8.62. The van der Waals surface area contributed by atoms with E-state index < -0.39 is 0 Å². The van der Waals surface area contributed by atoms with Crippen LogP contribution in [0.5, 0.6) is 0 Å². The number of nitrogens with zero attached hydrogens (tertiary/aromatic N) is 2. The Kier molecular flexibility index (Phi) is 6.18. The molecule has 1 aliphatic carbocycles. The molecule has 0 bridgehead atoms. The van der Waals surface area contributed by atoms with Gasteiger partial charge in [-0.25, -0.2) is 0 Å². The molecule has 2 rings (SSSR count). The Morgan fingerprint density at radius 1 is 1.29 bits per heavy atom. The van der Waals surface area contributed by atoms with Gasteiger partial charge in [-0.2, -0.15) is 0 Å². The van der Waals surface area contributed by atoms with E-state index in [0.717, 1.165) is 31.8 Å². The van der Waals surface area contributed by atoms with Gasteiger partial charge < -0.3 is 5.32 Å². The summed E-state index contributed by atoms with van der Waals surface area (Å²) in [5.74, 6) is 1.35. The van der Waals surface area contributed by atoms with E-state index in [1.54, 1.807) is 0 Å². The molecule has 120 valence electrons. The van der Waals surface area contributed by atoms with E-state index in [4.69, 9.17) is 0 Å². The van der Waals surface area contributed by atoms with Crippen LogP contribution in [-0.2, 0) is 6.42 Å². The highest BCUT2D eigenvalue weighted by molar-refractivity contribution is 7.11. The van der Waals surface area contributed by atoms with Crippen molar-refractivity contribution >= 4 is 11.3 Å². The third-order valence-corrected chi connectivity index (χ3v) is 5.68. The van der Waals surface area contributed by atoms with E-state index in [-0.39, 0.29) is 0 Å². The predicted octanol–water partition coefficient (Wildman–Crippen LogP) is 4.40. The van der Waals surface area contributed by atoms with Crippen LogP contribution in [0.1, 0.15) is 75.7 Å². The van der Waals surface area contributed by atoms with Crippen LogP contribution in [0.2, 0.25) is 0 Å². The summed E-state index contributed by atoms with van der Waals surface area (Å²) < 4.78 is 0. The lowest BCUT2D eigenvalue weighted by molar-refractivity contribution is 0.198. The first-order valence-corrected chi connectivity index (χ1v) is 9.33. The van der Waals surface area contributed by atoms with Crippen molar-refractivity contribution in [2.45, 2.75) is 72.1 Å². The predicted molar refractivity (Wildman–Crippen MR) is 90.9 cm³/mol. The van der Waals surface area contributed by atoms with Gasteiger partial charge in [-0.1, -0.05) is 40.5 Å². The molecule has 0 aromatic carbocycles. The van der Waals surface area contributed by atoms with Gasteiger partial charge in [0.15, 0.2) is 0 Å². The van der Waals surface area contributed by atoms with E-state index >= 15 is 0 Å². The average Bonchev–Trinajstić information content (AvgIpc) is 2.86. The molecule has 1 aliphatic rings. The highest BCUT2D eigenvalue weighted by atomic mass is 32.1. The van der Waals surface area contributed by atoms with Gasteiger partial charge in [0.1, 0.15) is 10.0 Å². The Labute approximate surface area is 133 Å². The first kappa shape index (κ1) is 16.9. The summed E-state index contributed by atoms with van der Waals surface area (Å²) in [5, 5.41) is 14.9. The number of aromatic nitrogens is 2. The number of nitrogens with one attached hydrogen (secondary N) is 1. The highest BCUT2D eigenvalue weighted by Crippen LogP contribution is 2.47. The van der Waals surface area contributed by atoms with Gasteiger partial charge in [0.05, 0.1) is 0 Å². The minimum absolute atomic E-state index is 0.397. The Bertz CT molecular complexity index is 425. The molecule has 0 spiro atoms. The maximum atomic E-state index is 4.51. The SMILES string of the molecule is CC(C)CNCCCc1nnc(C2CCCCC2(C)C)s1. The summed E-state index contributed by atoms with van der Waals surface area (Å²) in [6.45, 7) is 11.5. The van der Waals surface area contributed by atoms with Crippen LogP contribution in [0.15, 0.2) is 0 Å². The van der Waals surface area contributed by atoms with Gasteiger partial charge in [-0.15, -0.1) is 21.5 Å². The molecular formula is C17H31N3S. The molecule has 0 aliphatic heterocycles. The lowest BCUT2D eigenvalue weighted by Crippen LogP contribution is -2.25. The number of aryl methyl sites for hydroxylation is 1. The first-order valence-electron chi connectivity index (χ1n) is 8.52. The summed E-state index contributed by atoms with van der Waals surface area (Å²) in [4.78, 5) is 0. The molecule has 1 heterocycles. The Morgan fingerprint density at radius 2 is 2.10 bits per heavy atom. The van der Waals surface area contributed by atoms with Crippen LogP contribution >= 0.6 is 11.3 Å². The van der Waals surface area contributed by atoms with Crippen molar-refractivity contribution in [3.63, 3.8) is 0 Å². The molecule has 0 amide bonds. The summed E-state index contributed by atoms with van der Waals surface area (Å²) in [5.41, 5.74) is 0.397. The third kappa shape index (κ3) is 5.03. The Hall–Kier alpha value is -0.480. The fourth-order valence-electron chi connectivity index (χ4n) is 3.22. The van der Waals surface area contributed by atoms with Gasteiger partial charge in [0, 0.05) is 12.3 Å². The average molecular weight is 310 g/mol. The van der Waals surface area contributed by atoms with E-state index in [2.05, 4.69) is 43.2 Å². The molecule has 1 saturated carbocycles. The first-order chi connectivity index (χ1) is 9.99. The van der Waals surface area contributed by atoms with Crippen LogP contribution in [0.3, 0.4) is 0 Å². The van der Waals surface area contributed by atoms with E-state index in [9.17, 15) is 0 Å². The van der Waals surface area contributed by atoms with Gasteiger partial charge in [0.2, 0.25) is 0 Å². The Morgan fingerprint density at radius 3 is 2.81 bits per heavy atom. The minimum atomic E-state index is 0.397. The highest BCUT2D eigenvalue weighted by Gasteiger charge is 2.35. The molecule has 1 aromatic rings. The largest absolute Gasteiger partial charge is 0.316 e. The third-order valence-electron chi connectivity index (χ3n) is 4.58. The zero-order valence-corrected chi connectivity index (χ0v) is 14.9. The van der Waals surface area contributed by atoms with Crippen molar-refractivity contribution in [1.29, 1.82) is 0 Å². The van der Waals surface area contributed by atoms with Crippen molar-refractivity contribution in [3.8, 4) is 0 Å². The van der Waals surface area contributed by atoms with Gasteiger partial charge in [-0.3, -0.25) is 0 Å². The quantitative estimate of drug-likeness (QED) is 0.759. The minimum Gasteiger partial charge on any atom is -0.316 e. The normalized spacial score (nSPS) is 21.9. The fourth-order valence-corrected chi connectivity index (χ4v) is 4.45. The van der Waals surface area contributed by atoms with Crippen molar-refractivity contribution < 1.29 is 0 Å². The molecule has 1 aromatic heterocycles. The molecule has 1 atom stereocenters. The number of rotatable bonds is 7. The zero-order chi connectivity index (χ0) is 15.3. The van der Waals surface area contributed by atoms with Crippen LogP contribution in [0.25, 0.3) is 0 Å². The molecule has 0 saturated heterocycles. The van der Waals surface area contributed by atoms with Crippen LogP contribution < -0.4 is 5.32 Å². The lowest BCUT2D eigenvalue weighted by Gasteiger charge is -2.37. The molecule has 0 radical (unpaired) electrons. The van der Waals surface area contributed by atoms with Crippen LogP contribution in [0, 0.1) is 11.3 Å². The maximum Gasteiger partial charge on any atom is 0.121 e. The summed E-state index contributed by atoms with van der Waals surface area (Å²) in [7, 11) is 0. The lowest BCUT2D eigenvalue weighted by atomic mass is 9.69. The Balaban J connectivity index is 1.81. The van der Waals surface area contributed by atoms with Gasteiger partial charge in [0.25, 0.3) is 0 Å². The second kappa shape index (κ2) is 7.68. The van der Waals surface area contributed by atoms with E-state index in [1.165, 1.54) is 35.7 Å². The molecule has 4 heteroatoms. The molecule has 3 nitrogen and oxygen atoms in total. The van der Waals surface area contributed by atoms with Gasteiger partial charge >= 0.3 is 0 Å². The second-order valence-electron chi connectivity index (χ2n) is 7.52. The summed E-state index contributed by atoms with van der Waals surface area (Å²) >= 11 is 1.86. The van der Waals surface area contributed by atoms with Crippen molar-refractivity contribution in [2.24, 2.45) is 11.3 Å². The standard InChI is InChI=1S/C17H31N3S/c1-13(2)12-18-11-7-9-15-19-20-16(21-15)14-8-5-6-10-17(14,3)4/h13-14,18H,5-12H2,1-4H3. The van der Waals surface area contributed by atoms with Crippen LogP contribution in [-0.4, -0.2) is 23.3 Å². The molecule has 1 fully saturated rings. The maximum absolute atomic E-state index is 4.51. The van der Waals surface area contributed by atoms with Gasteiger partial charge in [-0.05, 0) is 43.7 Å². The summed E-state index contributed by atoms with van der Waals surface area (Å²) in [6.07, 6.45) is 7.56. The van der Waals surface area contributed by atoms with Crippen molar-refractivity contribution in [2.75, 3.05) is 13.1 Å². The van der Waals surface area contributed by atoms with Crippen molar-refractivity contribution in [3.05, 3.63) is 10.0 Å². The topological polar surface area (TPSA) is 37.8 Å². The monoisotopic (exact) mass is 309 g/mol. The fraction of sp³-hybridized carbons (Fsp3) is 0.882. The van der Waals surface area contributed by atoms with Crippen molar-refractivity contribution in [1.82, 2.24) is 15.5 Å². The zero-order valence-electron chi connectivity index (χ0n) is 14.1. The number of hydrogen-bond donors (Lipinski definition) is 1. The molecule has 1 N–H and O–H groups in total. The van der Waals surface area contributed by atoms with E-state index in [0.29, 0.717) is 11.3 Å². The summed E-state index contributed by atoms with van der Waals surface area (Å²) in [6, 6.07) is 0. The van der Waals surface area contributed by atoms with Crippen LogP contribution in [0.4, 0.5) is 0 Å². The molecule has 1 unspecified atom stereocenters. The molecule has 21 heavy (non-hydrogen) atoms.